The van der Waals surface area contributed by atoms with Crippen LogP contribution in [0, 0.1) is 6.92 Å². The third kappa shape index (κ3) is 8.77. The zero-order valence-electron chi connectivity index (χ0n) is 22.9. The number of nitrogens with zero attached hydrogens (tertiary/aromatic N) is 2. The first kappa shape index (κ1) is 30.2. The highest BCUT2D eigenvalue weighted by Crippen LogP contribution is 2.23. The molecule has 2 atom stereocenters. The van der Waals surface area contributed by atoms with Crippen molar-refractivity contribution < 1.29 is 22.7 Å². The van der Waals surface area contributed by atoms with Gasteiger partial charge in [-0.1, -0.05) is 44.2 Å². The van der Waals surface area contributed by atoms with Crippen molar-refractivity contribution in [2.75, 3.05) is 24.2 Å². The molecule has 1 N–H and O–H groups in total. The van der Waals surface area contributed by atoms with E-state index in [2.05, 4.69) is 5.32 Å². The molecule has 204 valence electrons. The minimum absolute atomic E-state index is 0.00285. The number of carbonyl (C=O) groups is 2. The molecule has 0 saturated heterocycles. The van der Waals surface area contributed by atoms with Gasteiger partial charge in [0.15, 0.2) is 0 Å². The number of amides is 2. The van der Waals surface area contributed by atoms with Crippen LogP contribution in [0.25, 0.3) is 0 Å². The number of para-hydroxylation sites is 1. The van der Waals surface area contributed by atoms with Crippen molar-refractivity contribution in [2.24, 2.45) is 0 Å². The summed E-state index contributed by atoms with van der Waals surface area (Å²) in [5, 5.41) is 3.00. The van der Waals surface area contributed by atoms with E-state index in [-0.39, 0.29) is 37.4 Å². The molecule has 0 spiro atoms. The molecule has 0 bridgehead atoms. The highest BCUT2D eigenvalue weighted by atomic mass is 32.2. The molecule has 2 aromatic rings. The number of hydrogen-bond acceptors (Lipinski definition) is 5. The van der Waals surface area contributed by atoms with E-state index in [1.807, 2.05) is 64.1 Å². The standard InChI is InChI=1S/C28H41N3O5S/c1-7-22(4)29-28(33)25(8-2)30(20-23-15-17-24(36-5)18-16-23)27(32)14-11-19-31(37(6,34)35)26-13-10-9-12-21(26)3/h9-10,12-13,15-18,22,25H,7-8,11,14,19-20H2,1-6H3,(H,29,33)/t22-,25+/m0/s1. The Balaban J connectivity index is 2.24. The molecule has 2 aromatic carbocycles. The lowest BCUT2D eigenvalue weighted by Crippen LogP contribution is -2.50. The van der Waals surface area contributed by atoms with E-state index < -0.39 is 16.1 Å². The van der Waals surface area contributed by atoms with E-state index in [1.54, 1.807) is 24.1 Å². The predicted molar refractivity (Wildman–Crippen MR) is 148 cm³/mol. The summed E-state index contributed by atoms with van der Waals surface area (Å²) in [4.78, 5) is 28.2. The van der Waals surface area contributed by atoms with Gasteiger partial charge in [-0.05, 0) is 62.4 Å². The van der Waals surface area contributed by atoms with Crippen LogP contribution >= 0.6 is 0 Å². The van der Waals surface area contributed by atoms with Crippen LogP contribution < -0.4 is 14.4 Å². The molecule has 0 aliphatic heterocycles. The van der Waals surface area contributed by atoms with E-state index in [9.17, 15) is 18.0 Å². The topological polar surface area (TPSA) is 96.0 Å². The average Bonchev–Trinajstić information content (AvgIpc) is 2.86. The lowest BCUT2D eigenvalue weighted by molar-refractivity contribution is -0.141. The first-order valence-corrected chi connectivity index (χ1v) is 14.6. The van der Waals surface area contributed by atoms with Crippen LogP contribution in [0.3, 0.4) is 0 Å². The maximum absolute atomic E-state index is 13.5. The number of rotatable bonds is 14. The molecule has 0 radical (unpaired) electrons. The molecule has 0 aliphatic rings. The Morgan fingerprint density at radius 2 is 1.68 bits per heavy atom. The molecule has 2 rings (SSSR count). The Labute approximate surface area is 222 Å². The minimum Gasteiger partial charge on any atom is -0.497 e. The number of sulfonamides is 1. The predicted octanol–water partition coefficient (Wildman–Crippen LogP) is 4.27. The Kier molecular flexibility index (Phi) is 11.4. The molecule has 2 amide bonds. The Bertz CT molecular complexity index is 1130. The summed E-state index contributed by atoms with van der Waals surface area (Å²) in [6.45, 7) is 8.11. The van der Waals surface area contributed by atoms with E-state index >= 15 is 0 Å². The van der Waals surface area contributed by atoms with Gasteiger partial charge in [-0.3, -0.25) is 13.9 Å². The number of carbonyl (C=O) groups excluding carboxylic acids is 2. The van der Waals surface area contributed by atoms with Gasteiger partial charge in [0.05, 0.1) is 19.1 Å². The van der Waals surface area contributed by atoms with Crippen LogP contribution in [0.5, 0.6) is 5.75 Å². The molecule has 0 aromatic heterocycles. The van der Waals surface area contributed by atoms with Crippen molar-refractivity contribution in [2.45, 2.75) is 72.0 Å². The molecule has 8 nitrogen and oxygen atoms in total. The van der Waals surface area contributed by atoms with Gasteiger partial charge in [0, 0.05) is 25.6 Å². The summed E-state index contributed by atoms with van der Waals surface area (Å²) >= 11 is 0. The fourth-order valence-corrected chi connectivity index (χ4v) is 5.14. The fourth-order valence-electron chi connectivity index (χ4n) is 4.11. The molecule has 9 heteroatoms. The van der Waals surface area contributed by atoms with Gasteiger partial charge >= 0.3 is 0 Å². The smallest absolute Gasteiger partial charge is 0.243 e. The van der Waals surface area contributed by atoms with Crippen molar-refractivity contribution in [3.63, 3.8) is 0 Å². The number of anilines is 1. The monoisotopic (exact) mass is 531 g/mol. The van der Waals surface area contributed by atoms with Crippen LogP contribution in [0.4, 0.5) is 5.69 Å². The van der Waals surface area contributed by atoms with E-state index in [4.69, 9.17) is 4.74 Å². The van der Waals surface area contributed by atoms with Crippen molar-refractivity contribution in [3.8, 4) is 5.75 Å². The summed E-state index contributed by atoms with van der Waals surface area (Å²) in [6.07, 6.45) is 2.85. The van der Waals surface area contributed by atoms with Gasteiger partial charge in [0.2, 0.25) is 21.8 Å². The summed E-state index contributed by atoms with van der Waals surface area (Å²) < 4.78 is 31.6. The van der Waals surface area contributed by atoms with Gasteiger partial charge in [-0.25, -0.2) is 8.42 Å². The Hall–Kier alpha value is -3.07. The summed E-state index contributed by atoms with van der Waals surface area (Å²) in [5.41, 5.74) is 2.32. The molecule has 0 saturated carbocycles. The number of methoxy groups -OCH3 is 1. The number of ether oxygens (including phenoxy) is 1. The number of nitrogens with one attached hydrogen (secondary N) is 1. The first-order valence-electron chi connectivity index (χ1n) is 12.8. The molecule has 0 heterocycles. The van der Waals surface area contributed by atoms with E-state index in [0.717, 1.165) is 17.5 Å². The van der Waals surface area contributed by atoms with Gasteiger partial charge in [-0.15, -0.1) is 0 Å². The number of aryl methyl sites for hydroxylation is 1. The second-order valence-corrected chi connectivity index (χ2v) is 11.2. The van der Waals surface area contributed by atoms with Gasteiger partial charge in [-0.2, -0.15) is 0 Å². The third-order valence-electron chi connectivity index (χ3n) is 6.44. The fraction of sp³-hybridized carbons (Fsp3) is 0.500. The quantitative estimate of drug-likeness (QED) is 0.393. The first-order chi connectivity index (χ1) is 17.5. The largest absolute Gasteiger partial charge is 0.497 e. The van der Waals surface area contributed by atoms with E-state index in [1.165, 1.54) is 10.6 Å². The van der Waals surface area contributed by atoms with Gasteiger partial charge in [0.1, 0.15) is 11.8 Å². The van der Waals surface area contributed by atoms with Crippen LogP contribution in [-0.2, 0) is 26.2 Å². The summed E-state index contributed by atoms with van der Waals surface area (Å²) in [5.74, 6) is 0.330. The Morgan fingerprint density at radius 1 is 1.03 bits per heavy atom. The van der Waals surface area contributed by atoms with Crippen LogP contribution in [-0.4, -0.2) is 57.1 Å². The third-order valence-corrected chi connectivity index (χ3v) is 7.62. The zero-order chi connectivity index (χ0) is 27.6. The SMILES string of the molecule is CC[C@H](C(=O)N[C@@H](C)CC)N(Cc1ccc(OC)cc1)C(=O)CCCN(c1ccccc1C)S(C)(=O)=O. The lowest BCUT2D eigenvalue weighted by Gasteiger charge is -2.32. The highest BCUT2D eigenvalue weighted by Gasteiger charge is 2.29. The minimum atomic E-state index is -3.53. The van der Waals surface area contributed by atoms with Crippen molar-refractivity contribution in [3.05, 3.63) is 59.7 Å². The maximum atomic E-state index is 13.5. The zero-order valence-corrected chi connectivity index (χ0v) is 23.7. The molecule has 0 aliphatic carbocycles. The molecular weight excluding hydrogens is 490 g/mol. The maximum Gasteiger partial charge on any atom is 0.243 e. The molecule has 37 heavy (non-hydrogen) atoms. The van der Waals surface area contributed by atoms with E-state index in [0.29, 0.717) is 24.3 Å². The normalized spacial score (nSPS) is 12.9. The lowest BCUT2D eigenvalue weighted by atomic mass is 10.1. The van der Waals surface area contributed by atoms with Crippen LogP contribution in [0.2, 0.25) is 0 Å². The summed E-state index contributed by atoms with van der Waals surface area (Å²) in [6, 6.07) is 14.0. The van der Waals surface area contributed by atoms with Crippen LogP contribution in [0.15, 0.2) is 48.5 Å². The summed E-state index contributed by atoms with van der Waals surface area (Å²) in [7, 11) is -1.94. The number of hydrogen-bond donors (Lipinski definition) is 1. The van der Waals surface area contributed by atoms with Crippen molar-refractivity contribution in [1.29, 1.82) is 0 Å². The van der Waals surface area contributed by atoms with Gasteiger partial charge in [0.25, 0.3) is 0 Å². The number of benzene rings is 2. The molecule has 0 unspecified atom stereocenters. The molecular formula is C28H41N3O5S. The highest BCUT2D eigenvalue weighted by molar-refractivity contribution is 7.92. The Morgan fingerprint density at radius 3 is 2.22 bits per heavy atom. The second-order valence-electron chi connectivity index (χ2n) is 9.34. The van der Waals surface area contributed by atoms with Crippen molar-refractivity contribution >= 4 is 27.5 Å². The van der Waals surface area contributed by atoms with Crippen LogP contribution in [0.1, 0.15) is 57.6 Å². The second kappa shape index (κ2) is 14.0. The van der Waals surface area contributed by atoms with Gasteiger partial charge < -0.3 is 15.0 Å². The molecule has 0 fully saturated rings. The average molecular weight is 532 g/mol. The van der Waals surface area contributed by atoms with Crippen molar-refractivity contribution in [1.82, 2.24) is 10.2 Å².